The first-order chi connectivity index (χ1) is 15.5. The molecule has 1 unspecified atom stereocenters. The van der Waals surface area contributed by atoms with Gasteiger partial charge in [-0.05, 0) is 50.5 Å². The molecule has 0 aliphatic heterocycles. The maximum Gasteiger partial charge on any atom is 0.341 e. The first-order valence-corrected chi connectivity index (χ1v) is 13.2. The van der Waals surface area contributed by atoms with Crippen molar-refractivity contribution in [1.82, 2.24) is 14.9 Å². The summed E-state index contributed by atoms with van der Waals surface area (Å²) in [5.41, 5.74) is 1.56. The lowest BCUT2D eigenvalue weighted by molar-refractivity contribution is -0.113. The van der Waals surface area contributed by atoms with Gasteiger partial charge in [0, 0.05) is 10.8 Å². The number of aromatic nitrogens is 3. The summed E-state index contributed by atoms with van der Waals surface area (Å²) in [5.74, 6) is 7.53. The number of hydrogen-bond donors (Lipinski definition) is 2. The van der Waals surface area contributed by atoms with Gasteiger partial charge in [-0.1, -0.05) is 37.9 Å². The van der Waals surface area contributed by atoms with E-state index in [4.69, 9.17) is 10.6 Å². The molecule has 0 bridgehead atoms. The van der Waals surface area contributed by atoms with Crippen molar-refractivity contribution in [2.24, 2.45) is 5.92 Å². The number of thioether (sulfide) groups is 1. The number of rotatable bonds is 7. The molecule has 2 heterocycles. The third-order valence-electron chi connectivity index (χ3n) is 6.24. The quantitative estimate of drug-likeness (QED) is 0.350. The molecule has 1 saturated carbocycles. The summed E-state index contributed by atoms with van der Waals surface area (Å²) in [7, 11) is 0. The van der Waals surface area contributed by atoms with Crippen LogP contribution in [0, 0.1) is 5.92 Å². The highest BCUT2D eigenvalue weighted by Gasteiger charge is 2.29. The van der Waals surface area contributed by atoms with E-state index >= 15 is 0 Å². The molecule has 0 radical (unpaired) electrons. The van der Waals surface area contributed by atoms with Crippen molar-refractivity contribution in [3.63, 3.8) is 0 Å². The van der Waals surface area contributed by atoms with Gasteiger partial charge in [0.05, 0.1) is 17.9 Å². The predicted octanol–water partition coefficient (Wildman–Crippen LogP) is 4.13. The van der Waals surface area contributed by atoms with Crippen LogP contribution >= 0.6 is 23.1 Å². The van der Waals surface area contributed by atoms with Gasteiger partial charge in [0.25, 0.3) is 0 Å². The molecule has 2 aromatic heterocycles. The number of esters is 1. The van der Waals surface area contributed by atoms with Gasteiger partial charge < -0.3 is 15.9 Å². The molecule has 1 fully saturated rings. The highest BCUT2D eigenvalue weighted by Crippen LogP contribution is 2.40. The van der Waals surface area contributed by atoms with E-state index in [2.05, 4.69) is 22.4 Å². The average molecular weight is 478 g/mol. The summed E-state index contributed by atoms with van der Waals surface area (Å²) in [4.78, 5) is 26.5. The van der Waals surface area contributed by atoms with Gasteiger partial charge in [-0.15, -0.1) is 21.5 Å². The molecule has 0 saturated heterocycles. The van der Waals surface area contributed by atoms with Crippen LogP contribution in [-0.2, 0) is 22.4 Å². The van der Waals surface area contributed by atoms with E-state index in [0.29, 0.717) is 34.2 Å². The summed E-state index contributed by atoms with van der Waals surface area (Å²) in [5, 5.41) is 12.5. The number of carbonyl (C=O) groups excluding carboxylic acids is 2. The number of nitrogens with one attached hydrogen (secondary N) is 1. The van der Waals surface area contributed by atoms with Crippen molar-refractivity contribution in [1.29, 1.82) is 0 Å². The number of carbonyl (C=O) groups is 2. The second-order valence-corrected chi connectivity index (χ2v) is 10.7. The Morgan fingerprint density at radius 3 is 2.78 bits per heavy atom. The minimum Gasteiger partial charge on any atom is -0.462 e. The summed E-state index contributed by atoms with van der Waals surface area (Å²) in [6.45, 7) is 4.31. The van der Waals surface area contributed by atoms with E-state index in [0.717, 1.165) is 43.5 Å². The van der Waals surface area contributed by atoms with Crippen LogP contribution < -0.4 is 11.2 Å². The van der Waals surface area contributed by atoms with E-state index in [-0.39, 0.29) is 17.6 Å². The number of nitrogen functional groups attached to an aromatic ring is 1. The Morgan fingerprint density at radius 2 is 2.03 bits per heavy atom. The fourth-order valence-corrected chi connectivity index (χ4v) is 6.66. The Kier molecular flexibility index (Phi) is 7.40. The Hall–Kier alpha value is -2.07. The zero-order chi connectivity index (χ0) is 22.7. The number of hydrogen-bond acceptors (Lipinski definition) is 8. The van der Waals surface area contributed by atoms with Gasteiger partial charge in [0.2, 0.25) is 11.1 Å². The molecular formula is C22H31N5O3S2. The first kappa shape index (κ1) is 23.1. The van der Waals surface area contributed by atoms with Crippen LogP contribution in [0.3, 0.4) is 0 Å². The van der Waals surface area contributed by atoms with Crippen LogP contribution in [0.4, 0.5) is 5.00 Å². The largest absolute Gasteiger partial charge is 0.462 e. The molecule has 10 heteroatoms. The monoisotopic (exact) mass is 477 g/mol. The number of ether oxygens (including phenoxy) is 1. The Bertz CT molecular complexity index is 981. The van der Waals surface area contributed by atoms with E-state index < -0.39 is 0 Å². The lowest BCUT2D eigenvalue weighted by Crippen LogP contribution is -2.20. The highest BCUT2D eigenvalue weighted by atomic mass is 32.2. The van der Waals surface area contributed by atoms with Crippen molar-refractivity contribution >= 4 is 40.0 Å². The molecule has 0 spiro atoms. The lowest BCUT2D eigenvalue weighted by Gasteiger charge is -2.20. The third-order valence-corrected chi connectivity index (χ3v) is 8.35. The number of thiophene rings is 1. The molecule has 2 aliphatic rings. The van der Waals surface area contributed by atoms with E-state index in [1.807, 2.05) is 0 Å². The van der Waals surface area contributed by atoms with Crippen molar-refractivity contribution in [2.45, 2.75) is 76.3 Å². The number of nitrogens with two attached hydrogens (primary N) is 1. The minimum absolute atomic E-state index is 0.140. The van der Waals surface area contributed by atoms with Crippen molar-refractivity contribution in [3.8, 4) is 0 Å². The molecule has 3 N–H and O–H groups in total. The van der Waals surface area contributed by atoms with E-state index in [1.165, 1.54) is 51.9 Å². The predicted molar refractivity (Wildman–Crippen MR) is 127 cm³/mol. The van der Waals surface area contributed by atoms with Gasteiger partial charge in [0.15, 0.2) is 5.82 Å². The van der Waals surface area contributed by atoms with Crippen molar-refractivity contribution in [3.05, 3.63) is 21.8 Å². The molecule has 1 amide bonds. The van der Waals surface area contributed by atoms with Gasteiger partial charge in [0.1, 0.15) is 5.00 Å². The Morgan fingerprint density at radius 1 is 1.25 bits per heavy atom. The van der Waals surface area contributed by atoms with E-state index in [1.54, 1.807) is 6.92 Å². The normalized spacial score (nSPS) is 18.9. The van der Waals surface area contributed by atoms with E-state index in [9.17, 15) is 9.59 Å². The maximum absolute atomic E-state index is 12.7. The molecule has 2 aromatic rings. The molecule has 174 valence electrons. The fraction of sp³-hybridized carbons (Fsp3) is 0.636. The van der Waals surface area contributed by atoms with Crippen molar-refractivity contribution in [2.75, 3.05) is 23.5 Å². The van der Waals surface area contributed by atoms with Crippen LogP contribution in [-0.4, -0.2) is 39.1 Å². The zero-order valence-corrected chi connectivity index (χ0v) is 20.3. The Balaban J connectivity index is 1.43. The minimum atomic E-state index is -0.360. The number of nitrogens with zero attached hydrogens (tertiary/aromatic N) is 3. The molecule has 4 rings (SSSR count). The summed E-state index contributed by atoms with van der Waals surface area (Å²) in [6.07, 6.45) is 8.61. The standard InChI is InChI=1S/C22H31N5O3S2/c1-3-30-21(29)18-15-10-9-13(2)11-16(15)32-20(18)24-17(28)12-31-22-26-25-19(27(22)23)14-7-5-4-6-8-14/h13-14H,3-12,23H2,1-2H3,(H,24,28). The van der Waals surface area contributed by atoms with Crippen LogP contribution in [0.2, 0.25) is 0 Å². The molecule has 0 aromatic carbocycles. The van der Waals surface area contributed by atoms with Gasteiger partial charge in [-0.25, -0.2) is 9.47 Å². The molecule has 1 atom stereocenters. The van der Waals surface area contributed by atoms with Gasteiger partial charge in [-0.3, -0.25) is 4.79 Å². The summed E-state index contributed by atoms with van der Waals surface area (Å²) in [6, 6.07) is 0. The maximum atomic E-state index is 12.7. The Labute approximate surface area is 196 Å². The first-order valence-electron chi connectivity index (χ1n) is 11.4. The average Bonchev–Trinajstić information content (AvgIpc) is 3.32. The second kappa shape index (κ2) is 10.2. The topological polar surface area (TPSA) is 112 Å². The summed E-state index contributed by atoms with van der Waals surface area (Å²) >= 11 is 2.76. The third kappa shape index (κ3) is 4.96. The smallest absolute Gasteiger partial charge is 0.341 e. The zero-order valence-electron chi connectivity index (χ0n) is 18.7. The number of anilines is 1. The van der Waals surface area contributed by atoms with Crippen LogP contribution in [0.25, 0.3) is 0 Å². The fourth-order valence-electron chi connectivity index (χ4n) is 4.58. The van der Waals surface area contributed by atoms with Gasteiger partial charge >= 0.3 is 5.97 Å². The summed E-state index contributed by atoms with van der Waals surface area (Å²) < 4.78 is 6.81. The second-order valence-electron chi connectivity index (χ2n) is 8.66. The highest BCUT2D eigenvalue weighted by molar-refractivity contribution is 7.99. The van der Waals surface area contributed by atoms with Crippen LogP contribution in [0.15, 0.2) is 5.16 Å². The molecule has 32 heavy (non-hydrogen) atoms. The van der Waals surface area contributed by atoms with Gasteiger partial charge in [-0.2, -0.15) is 0 Å². The molecule has 2 aliphatic carbocycles. The number of amides is 1. The van der Waals surface area contributed by atoms with Crippen molar-refractivity contribution < 1.29 is 14.3 Å². The lowest BCUT2D eigenvalue weighted by atomic mass is 9.88. The van der Waals surface area contributed by atoms with Crippen LogP contribution in [0.1, 0.15) is 84.9 Å². The molecular weight excluding hydrogens is 446 g/mol. The van der Waals surface area contributed by atoms with Crippen LogP contribution in [0.5, 0.6) is 0 Å². The SMILES string of the molecule is CCOC(=O)c1c(NC(=O)CSc2nnc(C3CCCCC3)n2N)sc2c1CCC(C)C2. The number of fused-ring (bicyclic) bond motifs is 1. The molecule has 8 nitrogen and oxygen atoms in total.